The van der Waals surface area contributed by atoms with Gasteiger partial charge in [-0.05, 0) is 47.7 Å². The van der Waals surface area contributed by atoms with E-state index in [1.165, 1.54) is 6.07 Å². The van der Waals surface area contributed by atoms with Crippen LogP contribution in [-0.4, -0.2) is 28.1 Å². The monoisotopic (exact) mass is 436 g/mol. The Morgan fingerprint density at radius 1 is 1.03 bits per heavy atom. The third kappa shape index (κ3) is 5.26. The van der Waals surface area contributed by atoms with Crippen LogP contribution in [0.1, 0.15) is 74.5 Å². The molecule has 6 nitrogen and oxygen atoms in total. The van der Waals surface area contributed by atoms with Crippen molar-refractivity contribution in [3.05, 3.63) is 75.6 Å². The topological polar surface area (TPSA) is 91.4 Å². The third-order valence-electron chi connectivity index (χ3n) is 5.59. The molecule has 0 aliphatic carbocycles. The largest absolute Gasteiger partial charge is 0.421 e. The molecule has 3 aromatic rings. The Morgan fingerprint density at radius 2 is 1.72 bits per heavy atom. The number of aromatic amines is 1. The summed E-state index contributed by atoms with van der Waals surface area (Å²) in [5, 5.41) is 15.1. The number of H-pyrrole nitrogens is 1. The van der Waals surface area contributed by atoms with Crippen molar-refractivity contribution in [2.24, 2.45) is 0 Å². The van der Waals surface area contributed by atoms with E-state index < -0.39 is 12.1 Å². The molecule has 0 saturated heterocycles. The molecular weight excluding hydrogens is 404 g/mol. The molecule has 2 atom stereocenters. The summed E-state index contributed by atoms with van der Waals surface area (Å²) in [6.07, 6.45) is -0.0584. The van der Waals surface area contributed by atoms with Crippen LogP contribution in [0.2, 0.25) is 0 Å². The number of carbonyl (C=O) groups is 1. The average Bonchev–Trinajstić information content (AvgIpc) is 2.77. The number of rotatable bonds is 8. The van der Waals surface area contributed by atoms with Crippen molar-refractivity contribution in [3.8, 4) is 5.75 Å². The van der Waals surface area contributed by atoms with Gasteiger partial charge in [0.2, 0.25) is 5.56 Å². The molecule has 0 saturated carbocycles. The maximum atomic E-state index is 12.7. The molecule has 0 spiro atoms. The van der Waals surface area contributed by atoms with Gasteiger partial charge in [0, 0.05) is 23.5 Å². The zero-order chi connectivity index (χ0) is 23.4. The van der Waals surface area contributed by atoms with Gasteiger partial charge in [-0.2, -0.15) is 0 Å². The van der Waals surface area contributed by atoms with Crippen LogP contribution < -0.4 is 15.6 Å². The summed E-state index contributed by atoms with van der Waals surface area (Å²) < 4.78 is 5.65. The molecule has 1 heterocycles. The van der Waals surface area contributed by atoms with E-state index in [0.717, 1.165) is 12.0 Å². The van der Waals surface area contributed by atoms with Gasteiger partial charge in [0.15, 0.2) is 5.75 Å². The number of aliphatic hydroxyl groups excluding tert-OH is 1. The molecule has 0 bridgehead atoms. The van der Waals surface area contributed by atoms with Gasteiger partial charge in [-0.3, -0.25) is 4.79 Å². The summed E-state index contributed by atoms with van der Waals surface area (Å²) in [7, 11) is 0. The molecule has 6 heteroatoms. The number of hydrogen-bond donors (Lipinski definition) is 3. The van der Waals surface area contributed by atoms with Crippen LogP contribution in [0.4, 0.5) is 0 Å². The lowest BCUT2D eigenvalue weighted by Gasteiger charge is -2.26. The molecule has 32 heavy (non-hydrogen) atoms. The number of hydrogen-bond acceptors (Lipinski definition) is 5. The van der Waals surface area contributed by atoms with E-state index in [4.69, 9.17) is 4.74 Å². The minimum atomic E-state index is -0.788. The summed E-state index contributed by atoms with van der Waals surface area (Å²) in [6, 6.07) is 13.8. The quantitative estimate of drug-likeness (QED) is 0.352. The Balaban J connectivity index is 1.97. The molecule has 0 fully saturated rings. The number of fused-ring (bicyclic) bond motifs is 1. The Kier molecular flexibility index (Phi) is 7.48. The molecule has 2 aromatic carbocycles. The van der Waals surface area contributed by atoms with E-state index in [2.05, 4.69) is 24.1 Å². The first-order chi connectivity index (χ1) is 15.2. The minimum absolute atomic E-state index is 0.155. The predicted molar refractivity (Wildman–Crippen MR) is 127 cm³/mol. The van der Waals surface area contributed by atoms with Gasteiger partial charge >= 0.3 is 5.97 Å². The lowest BCUT2D eigenvalue weighted by molar-refractivity contribution is 0.0736. The van der Waals surface area contributed by atoms with Gasteiger partial charge in [-0.15, -0.1) is 0 Å². The standard InChI is InChI=1S/C26H32N2O4/c1-6-21(27-16(4)5)25(30)20-11-13-22(24-19(20)12-14-23(29)28-24)32-26(31)18-9-7-17(8-10-18)15(2)3/h7-16,21,25,27,30H,6H2,1-5H3,(H,28,29). The van der Waals surface area contributed by atoms with Crippen LogP contribution in [0.25, 0.3) is 10.9 Å². The van der Waals surface area contributed by atoms with E-state index in [1.54, 1.807) is 30.3 Å². The fraction of sp³-hybridized carbons (Fsp3) is 0.385. The second-order valence-electron chi connectivity index (χ2n) is 8.71. The van der Waals surface area contributed by atoms with Gasteiger partial charge in [0.1, 0.15) is 0 Å². The van der Waals surface area contributed by atoms with Crippen molar-refractivity contribution >= 4 is 16.9 Å². The zero-order valence-corrected chi connectivity index (χ0v) is 19.3. The van der Waals surface area contributed by atoms with E-state index in [9.17, 15) is 14.7 Å². The van der Waals surface area contributed by atoms with E-state index >= 15 is 0 Å². The van der Waals surface area contributed by atoms with Gasteiger partial charge in [0.25, 0.3) is 0 Å². The number of benzene rings is 2. The number of nitrogens with one attached hydrogen (secondary N) is 2. The van der Waals surface area contributed by atoms with E-state index in [1.807, 2.05) is 32.9 Å². The summed E-state index contributed by atoms with van der Waals surface area (Å²) in [5.74, 6) is 0.106. The Hall–Kier alpha value is -2.96. The summed E-state index contributed by atoms with van der Waals surface area (Å²) in [4.78, 5) is 27.6. The summed E-state index contributed by atoms with van der Waals surface area (Å²) in [5.41, 5.74) is 2.31. The highest BCUT2D eigenvalue weighted by Gasteiger charge is 2.23. The molecule has 1 aromatic heterocycles. The third-order valence-corrected chi connectivity index (χ3v) is 5.59. The lowest BCUT2D eigenvalue weighted by atomic mass is 9.95. The van der Waals surface area contributed by atoms with E-state index in [0.29, 0.717) is 27.9 Å². The lowest BCUT2D eigenvalue weighted by Crippen LogP contribution is -2.39. The molecule has 170 valence electrons. The molecule has 3 rings (SSSR count). The fourth-order valence-electron chi connectivity index (χ4n) is 3.83. The van der Waals surface area contributed by atoms with Crippen LogP contribution in [0.3, 0.4) is 0 Å². The Morgan fingerprint density at radius 3 is 2.31 bits per heavy atom. The van der Waals surface area contributed by atoms with Crippen LogP contribution in [0, 0.1) is 0 Å². The molecule has 2 unspecified atom stereocenters. The first kappa shape index (κ1) is 23.7. The fourth-order valence-corrected chi connectivity index (χ4v) is 3.83. The first-order valence-corrected chi connectivity index (χ1v) is 11.1. The maximum absolute atomic E-state index is 12.7. The van der Waals surface area contributed by atoms with Crippen molar-refractivity contribution in [1.29, 1.82) is 0 Å². The number of carbonyl (C=O) groups excluding carboxylic acids is 1. The van der Waals surface area contributed by atoms with Gasteiger partial charge in [-0.25, -0.2) is 4.79 Å². The van der Waals surface area contributed by atoms with Crippen LogP contribution >= 0.6 is 0 Å². The van der Waals surface area contributed by atoms with Gasteiger partial charge in [-0.1, -0.05) is 52.8 Å². The van der Waals surface area contributed by atoms with Crippen LogP contribution in [0.15, 0.2) is 53.3 Å². The SMILES string of the molecule is CCC(NC(C)C)C(O)c1ccc(OC(=O)c2ccc(C(C)C)cc2)c2[nH]c(=O)ccc12. The van der Waals surface area contributed by atoms with Crippen LogP contribution in [-0.2, 0) is 0 Å². The summed E-state index contributed by atoms with van der Waals surface area (Å²) >= 11 is 0. The van der Waals surface area contributed by atoms with Gasteiger partial charge < -0.3 is 20.1 Å². The number of ether oxygens (including phenoxy) is 1. The molecule has 0 radical (unpaired) electrons. The Labute approximate surface area is 188 Å². The second kappa shape index (κ2) is 10.1. The molecule has 0 aliphatic rings. The molecule has 0 aliphatic heterocycles. The highest BCUT2D eigenvalue weighted by atomic mass is 16.5. The first-order valence-electron chi connectivity index (χ1n) is 11.1. The highest BCUT2D eigenvalue weighted by Crippen LogP contribution is 2.32. The smallest absolute Gasteiger partial charge is 0.343 e. The van der Waals surface area contributed by atoms with Crippen molar-refractivity contribution in [3.63, 3.8) is 0 Å². The van der Waals surface area contributed by atoms with Crippen LogP contribution in [0.5, 0.6) is 5.75 Å². The zero-order valence-electron chi connectivity index (χ0n) is 19.3. The highest BCUT2D eigenvalue weighted by molar-refractivity contribution is 5.95. The number of pyridine rings is 1. The van der Waals surface area contributed by atoms with Crippen molar-refractivity contribution in [2.45, 2.75) is 65.1 Å². The molecule has 3 N–H and O–H groups in total. The predicted octanol–water partition coefficient (Wildman–Crippen LogP) is 4.68. The minimum Gasteiger partial charge on any atom is -0.421 e. The average molecular weight is 437 g/mol. The molecule has 0 amide bonds. The second-order valence-corrected chi connectivity index (χ2v) is 8.71. The van der Waals surface area contributed by atoms with E-state index in [-0.39, 0.29) is 23.4 Å². The van der Waals surface area contributed by atoms with Gasteiger partial charge in [0.05, 0.1) is 17.2 Å². The summed E-state index contributed by atoms with van der Waals surface area (Å²) in [6.45, 7) is 10.2. The number of aromatic nitrogens is 1. The van der Waals surface area contributed by atoms with Crippen molar-refractivity contribution < 1.29 is 14.6 Å². The molecular formula is C26H32N2O4. The number of esters is 1. The van der Waals surface area contributed by atoms with Crippen molar-refractivity contribution in [1.82, 2.24) is 10.3 Å². The maximum Gasteiger partial charge on any atom is 0.343 e. The van der Waals surface area contributed by atoms with Crippen molar-refractivity contribution in [2.75, 3.05) is 0 Å². The Bertz CT molecular complexity index is 1130. The normalized spacial score (nSPS) is 13.5. The number of aliphatic hydroxyl groups is 1.